The van der Waals surface area contributed by atoms with Crippen molar-refractivity contribution in [3.05, 3.63) is 10.3 Å². The Bertz CT molecular complexity index is 274. The first-order valence-electron chi connectivity index (χ1n) is 7.29. The van der Waals surface area contributed by atoms with Gasteiger partial charge in [0.25, 0.3) is 0 Å². The number of morpholine rings is 1. The van der Waals surface area contributed by atoms with Gasteiger partial charge in [-0.25, -0.2) is 4.31 Å². The highest BCUT2D eigenvalue weighted by Crippen LogP contribution is 2.29. The third kappa shape index (κ3) is 7.33. The molecule has 118 valence electrons. The van der Waals surface area contributed by atoms with Crippen LogP contribution in [0.3, 0.4) is 0 Å². The van der Waals surface area contributed by atoms with E-state index in [1.54, 1.807) is 0 Å². The lowest BCUT2D eigenvalue weighted by Gasteiger charge is -2.29. The minimum atomic E-state index is 0.615. The fourth-order valence-corrected chi connectivity index (χ4v) is 3.46. The van der Waals surface area contributed by atoms with Gasteiger partial charge in [0.1, 0.15) is 0 Å². The number of ether oxygens (including phenoxy) is 1. The average Bonchev–Trinajstić information content (AvgIpc) is 2.49. The van der Waals surface area contributed by atoms with Gasteiger partial charge in [-0.1, -0.05) is 6.08 Å². The molecular formula is C14H29N3OS2. The number of likely N-dealkylation sites (N-methyl/N-ethyl adjacent to an activating group) is 1. The SMILES string of the molecule is C/C=C(\SC)SN1CCNCC1.CC1COCCN1C. The molecule has 0 saturated carbocycles. The highest BCUT2D eigenvalue weighted by molar-refractivity contribution is 8.20. The number of piperazine rings is 1. The molecule has 2 saturated heterocycles. The van der Waals surface area contributed by atoms with Gasteiger partial charge in [-0.3, -0.25) is 4.90 Å². The van der Waals surface area contributed by atoms with Gasteiger partial charge in [0, 0.05) is 38.8 Å². The van der Waals surface area contributed by atoms with Crippen molar-refractivity contribution < 1.29 is 4.74 Å². The van der Waals surface area contributed by atoms with E-state index in [1.807, 2.05) is 23.7 Å². The molecule has 0 spiro atoms. The lowest BCUT2D eigenvalue weighted by molar-refractivity contribution is 0.0131. The van der Waals surface area contributed by atoms with Crippen LogP contribution in [0.25, 0.3) is 0 Å². The number of allylic oxidation sites excluding steroid dienone is 1. The van der Waals surface area contributed by atoms with Gasteiger partial charge < -0.3 is 10.1 Å². The Kier molecular flexibility index (Phi) is 10.0. The quantitative estimate of drug-likeness (QED) is 0.801. The topological polar surface area (TPSA) is 27.7 Å². The van der Waals surface area contributed by atoms with Crippen LogP contribution < -0.4 is 5.32 Å². The third-order valence-electron chi connectivity index (χ3n) is 3.43. The van der Waals surface area contributed by atoms with Gasteiger partial charge in [-0.15, -0.1) is 11.8 Å². The van der Waals surface area contributed by atoms with Crippen LogP contribution in [0.5, 0.6) is 0 Å². The maximum absolute atomic E-state index is 5.21. The van der Waals surface area contributed by atoms with E-state index in [-0.39, 0.29) is 0 Å². The Morgan fingerprint density at radius 2 is 2.00 bits per heavy atom. The van der Waals surface area contributed by atoms with Crippen LogP contribution in [0.2, 0.25) is 0 Å². The molecule has 0 aromatic carbocycles. The first-order valence-corrected chi connectivity index (χ1v) is 9.29. The molecule has 4 nitrogen and oxygen atoms in total. The Labute approximate surface area is 132 Å². The summed E-state index contributed by atoms with van der Waals surface area (Å²) in [5, 5.41) is 3.34. The van der Waals surface area contributed by atoms with Crippen LogP contribution in [0.1, 0.15) is 13.8 Å². The van der Waals surface area contributed by atoms with Crippen molar-refractivity contribution in [1.82, 2.24) is 14.5 Å². The van der Waals surface area contributed by atoms with Crippen molar-refractivity contribution in [1.29, 1.82) is 0 Å². The van der Waals surface area contributed by atoms with Crippen LogP contribution >= 0.6 is 23.7 Å². The number of nitrogens with one attached hydrogen (secondary N) is 1. The maximum atomic E-state index is 5.21. The summed E-state index contributed by atoms with van der Waals surface area (Å²) in [5.74, 6) is 0. The normalized spacial score (nSPS) is 26.0. The van der Waals surface area contributed by atoms with Crippen molar-refractivity contribution in [2.75, 3.05) is 59.2 Å². The number of hydrogen-bond donors (Lipinski definition) is 1. The van der Waals surface area contributed by atoms with Gasteiger partial charge in [-0.05, 0) is 39.1 Å². The molecule has 1 N–H and O–H groups in total. The first-order chi connectivity index (χ1) is 9.67. The Balaban J connectivity index is 0.000000217. The van der Waals surface area contributed by atoms with E-state index in [0.717, 1.165) is 45.9 Å². The molecule has 0 bridgehead atoms. The second kappa shape index (κ2) is 10.9. The van der Waals surface area contributed by atoms with Crippen molar-refractivity contribution >= 4 is 23.7 Å². The molecule has 0 radical (unpaired) electrons. The minimum Gasteiger partial charge on any atom is -0.379 e. The molecule has 2 heterocycles. The highest BCUT2D eigenvalue weighted by Gasteiger charge is 2.13. The van der Waals surface area contributed by atoms with E-state index >= 15 is 0 Å². The Morgan fingerprint density at radius 3 is 2.45 bits per heavy atom. The van der Waals surface area contributed by atoms with Crippen molar-refractivity contribution in [3.63, 3.8) is 0 Å². The van der Waals surface area contributed by atoms with Crippen LogP contribution in [0.4, 0.5) is 0 Å². The summed E-state index contributed by atoms with van der Waals surface area (Å²) < 4.78 is 9.03. The second-order valence-corrected chi connectivity index (χ2v) is 7.23. The van der Waals surface area contributed by atoms with Crippen molar-refractivity contribution in [2.24, 2.45) is 0 Å². The molecule has 2 aliphatic rings. The standard InChI is InChI=1S/C8H16N2S2.C6H13NO/c1-3-8(11-2)12-10-6-4-9-5-7-10;1-6-5-8-4-3-7(6)2/h3,9H,4-7H2,1-2H3;6H,3-5H2,1-2H3/b8-3+;. The van der Waals surface area contributed by atoms with E-state index in [9.17, 15) is 0 Å². The van der Waals surface area contributed by atoms with Crippen molar-refractivity contribution in [2.45, 2.75) is 19.9 Å². The first kappa shape index (κ1) is 18.3. The molecule has 2 fully saturated rings. The van der Waals surface area contributed by atoms with E-state index in [2.05, 4.69) is 47.7 Å². The molecular weight excluding hydrogens is 290 g/mol. The van der Waals surface area contributed by atoms with Gasteiger partial charge in [0.15, 0.2) is 0 Å². The predicted molar refractivity (Wildman–Crippen MR) is 92.2 cm³/mol. The van der Waals surface area contributed by atoms with Gasteiger partial charge >= 0.3 is 0 Å². The summed E-state index contributed by atoms with van der Waals surface area (Å²) in [7, 11) is 2.13. The molecule has 0 aliphatic carbocycles. The molecule has 1 atom stereocenters. The van der Waals surface area contributed by atoms with E-state index in [1.165, 1.54) is 4.24 Å². The predicted octanol–water partition coefficient (Wildman–Crippen LogP) is 2.10. The molecule has 6 heteroatoms. The zero-order valence-electron chi connectivity index (χ0n) is 13.2. The van der Waals surface area contributed by atoms with Crippen LogP contribution in [0, 0.1) is 0 Å². The number of thioether (sulfide) groups is 1. The Hall–Kier alpha value is 0.280. The van der Waals surface area contributed by atoms with Crippen LogP contribution in [0.15, 0.2) is 10.3 Å². The lowest BCUT2D eigenvalue weighted by Crippen LogP contribution is -2.40. The van der Waals surface area contributed by atoms with Crippen LogP contribution in [-0.4, -0.2) is 74.5 Å². The molecule has 20 heavy (non-hydrogen) atoms. The number of nitrogens with zero attached hydrogens (tertiary/aromatic N) is 2. The zero-order valence-corrected chi connectivity index (χ0v) is 14.9. The molecule has 2 aliphatic heterocycles. The molecule has 0 aromatic rings. The van der Waals surface area contributed by atoms with Gasteiger partial charge in [0.05, 0.1) is 17.5 Å². The number of hydrogen-bond acceptors (Lipinski definition) is 6. The summed E-state index contributed by atoms with van der Waals surface area (Å²) in [6.45, 7) is 11.7. The zero-order chi connectivity index (χ0) is 14.8. The molecule has 1 unspecified atom stereocenters. The third-order valence-corrected chi connectivity index (χ3v) is 5.83. The summed E-state index contributed by atoms with van der Waals surface area (Å²) in [5.41, 5.74) is 0. The largest absolute Gasteiger partial charge is 0.379 e. The second-order valence-electron chi connectivity index (χ2n) is 4.99. The molecule has 0 aromatic heterocycles. The summed E-state index contributed by atoms with van der Waals surface area (Å²) in [4.78, 5) is 2.31. The molecule has 0 amide bonds. The van der Waals surface area contributed by atoms with E-state index < -0.39 is 0 Å². The average molecular weight is 320 g/mol. The van der Waals surface area contributed by atoms with E-state index in [0.29, 0.717) is 6.04 Å². The fourth-order valence-electron chi connectivity index (χ4n) is 1.88. The number of rotatable bonds is 3. The summed E-state index contributed by atoms with van der Waals surface area (Å²) in [6, 6.07) is 0.615. The van der Waals surface area contributed by atoms with E-state index in [4.69, 9.17) is 4.74 Å². The minimum absolute atomic E-state index is 0.615. The van der Waals surface area contributed by atoms with Crippen LogP contribution in [-0.2, 0) is 4.74 Å². The van der Waals surface area contributed by atoms with Crippen molar-refractivity contribution in [3.8, 4) is 0 Å². The van der Waals surface area contributed by atoms with Gasteiger partial charge in [0.2, 0.25) is 0 Å². The monoisotopic (exact) mass is 319 g/mol. The Morgan fingerprint density at radius 1 is 1.30 bits per heavy atom. The fraction of sp³-hybridized carbons (Fsp3) is 0.857. The van der Waals surface area contributed by atoms with Gasteiger partial charge in [-0.2, -0.15) is 0 Å². The summed E-state index contributed by atoms with van der Waals surface area (Å²) >= 11 is 3.71. The smallest absolute Gasteiger partial charge is 0.0619 e. The highest BCUT2D eigenvalue weighted by atomic mass is 32.2. The maximum Gasteiger partial charge on any atom is 0.0619 e. The summed E-state index contributed by atoms with van der Waals surface area (Å²) in [6.07, 6.45) is 4.31. The lowest BCUT2D eigenvalue weighted by atomic mass is 10.3. The molecule has 2 rings (SSSR count).